The highest BCUT2D eigenvalue weighted by Crippen LogP contribution is 2.32. The van der Waals surface area contributed by atoms with Crippen molar-refractivity contribution in [3.8, 4) is 0 Å². The smallest absolute Gasteiger partial charge is 0.123 e. The van der Waals surface area contributed by atoms with E-state index in [0.29, 0.717) is 6.04 Å². The monoisotopic (exact) mass is 283 g/mol. The van der Waals surface area contributed by atoms with Crippen molar-refractivity contribution in [1.29, 1.82) is 5.41 Å². The minimum atomic E-state index is 0.117. The van der Waals surface area contributed by atoms with E-state index < -0.39 is 0 Å². The third-order valence-corrected chi connectivity index (χ3v) is 4.20. The molecule has 2 aromatic carbocycles. The summed E-state index contributed by atoms with van der Waals surface area (Å²) in [5.41, 5.74) is 7.73. The Hall–Kier alpha value is -2.07. The molecule has 0 saturated carbocycles. The number of ether oxygens (including phenoxy) is 1. The first-order valence-electron chi connectivity index (χ1n) is 7.43. The zero-order valence-electron chi connectivity index (χ0n) is 12.3. The van der Waals surface area contributed by atoms with Crippen LogP contribution in [-0.4, -0.2) is 31.6 Å². The molecule has 1 atom stereocenters. The van der Waals surface area contributed by atoms with E-state index in [1.165, 1.54) is 5.69 Å². The van der Waals surface area contributed by atoms with Crippen molar-refractivity contribution in [3.05, 3.63) is 42.0 Å². The Morgan fingerprint density at radius 2 is 2.05 bits per heavy atom. The lowest BCUT2D eigenvalue weighted by atomic mass is 10.00. The summed E-state index contributed by atoms with van der Waals surface area (Å²) >= 11 is 0. The number of nitrogen functional groups attached to an aromatic ring is 1. The molecular formula is C17H21N3O. The second kappa shape index (κ2) is 5.74. The van der Waals surface area contributed by atoms with Crippen LogP contribution in [0.3, 0.4) is 0 Å². The van der Waals surface area contributed by atoms with Crippen LogP contribution in [0, 0.1) is 5.41 Å². The maximum absolute atomic E-state index is 7.75. The van der Waals surface area contributed by atoms with Gasteiger partial charge in [0.25, 0.3) is 0 Å². The van der Waals surface area contributed by atoms with Crippen LogP contribution in [0.5, 0.6) is 0 Å². The van der Waals surface area contributed by atoms with Gasteiger partial charge in [0.1, 0.15) is 5.84 Å². The average molecular weight is 283 g/mol. The summed E-state index contributed by atoms with van der Waals surface area (Å²) in [6.07, 6.45) is 1.06. The molecule has 2 aromatic rings. The molecule has 1 saturated heterocycles. The third-order valence-electron chi connectivity index (χ3n) is 4.20. The molecule has 4 heteroatoms. The van der Waals surface area contributed by atoms with Gasteiger partial charge in [0.2, 0.25) is 0 Å². The van der Waals surface area contributed by atoms with E-state index in [4.69, 9.17) is 15.9 Å². The molecule has 1 aliphatic rings. The first-order chi connectivity index (χ1) is 10.2. The van der Waals surface area contributed by atoms with Gasteiger partial charge in [-0.1, -0.05) is 31.2 Å². The van der Waals surface area contributed by atoms with Gasteiger partial charge < -0.3 is 15.4 Å². The van der Waals surface area contributed by atoms with Gasteiger partial charge in [0, 0.05) is 23.2 Å². The fourth-order valence-electron chi connectivity index (χ4n) is 3.08. The minimum Gasteiger partial charge on any atom is -0.384 e. The zero-order valence-corrected chi connectivity index (χ0v) is 12.3. The van der Waals surface area contributed by atoms with Gasteiger partial charge in [-0.05, 0) is 23.9 Å². The van der Waals surface area contributed by atoms with Gasteiger partial charge in [-0.25, -0.2) is 0 Å². The van der Waals surface area contributed by atoms with Crippen LogP contribution in [-0.2, 0) is 4.74 Å². The molecule has 0 aromatic heterocycles. The van der Waals surface area contributed by atoms with Crippen LogP contribution in [0.1, 0.15) is 18.9 Å². The molecule has 21 heavy (non-hydrogen) atoms. The Balaban J connectivity index is 2.15. The molecule has 1 aliphatic heterocycles. The van der Waals surface area contributed by atoms with E-state index in [-0.39, 0.29) is 5.84 Å². The van der Waals surface area contributed by atoms with Crippen molar-refractivity contribution in [2.24, 2.45) is 5.73 Å². The van der Waals surface area contributed by atoms with Crippen molar-refractivity contribution >= 4 is 22.3 Å². The van der Waals surface area contributed by atoms with E-state index in [1.54, 1.807) is 0 Å². The average Bonchev–Trinajstić information content (AvgIpc) is 2.53. The van der Waals surface area contributed by atoms with Gasteiger partial charge in [-0.2, -0.15) is 0 Å². The third kappa shape index (κ3) is 2.47. The Kier molecular flexibility index (Phi) is 3.80. The molecule has 0 radical (unpaired) electrons. The normalized spacial score (nSPS) is 18.9. The van der Waals surface area contributed by atoms with Gasteiger partial charge in [-0.3, -0.25) is 5.41 Å². The topological polar surface area (TPSA) is 62.3 Å². The van der Waals surface area contributed by atoms with E-state index in [9.17, 15) is 0 Å². The first-order valence-corrected chi connectivity index (χ1v) is 7.43. The maximum Gasteiger partial charge on any atom is 0.123 e. The molecule has 1 heterocycles. The summed E-state index contributed by atoms with van der Waals surface area (Å²) in [4.78, 5) is 2.43. The summed E-state index contributed by atoms with van der Waals surface area (Å²) in [7, 11) is 0. The number of nitrogens with zero attached hydrogens (tertiary/aromatic N) is 1. The van der Waals surface area contributed by atoms with Crippen LogP contribution < -0.4 is 10.6 Å². The number of anilines is 1. The number of morpholine rings is 1. The number of hydrogen-bond acceptors (Lipinski definition) is 3. The van der Waals surface area contributed by atoms with Crippen LogP contribution in [0.15, 0.2) is 36.4 Å². The summed E-state index contributed by atoms with van der Waals surface area (Å²) in [5, 5.41) is 9.96. The standard InChI is InChI=1S/C17H21N3O/c1-2-12-11-21-10-9-20(12)16-8-7-15(17(18)19)13-5-3-4-6-14(13)16/h3-8,12H,2,9-11H2,1H3,(H3,18,19). The zero-order chi connectivity index (χ0) is 14.8. The molecule has 1 fully saturated rings. The molecule has 1 unspecified atom stereocenters. The fraction of sp³-hybridized carbons (Fsp3) is 0.353. The second-order valence-electron chi connectivity index (χ2n) is 5.42. The quantitative estimate of drug-likeness (QED) is 0.672. The van der Waals surface area contributed by atoms with Gasteiger partial charge in [-0.15, -0.1) is 0 Å². The highest BCUT2D eigenvalue weighted by molar-refractivity contribution is 6.10. The number of fused-ring (bicyclic) bond motifs is 1. The van der Waals surface area contributed by atoms with Gasteiger partial charge in [0.05, 0.1) is 19.3 Å². The number of benzene rings is 2. The summed E-state index contributed by atoms with van der Waals surface area (Å²) in [6.45, 7) is 4.64. The van der Waals surface area contributed by atoms with Crippen molar-refractivity contribution in [2.45, 2.75) is 19.4 Å². The lowest BCUT2D eigenvalue weighted by Gasteiger charge is -2.37. The Bertz CT molecular complexity index is 668. The first kappa shape index (κ1) is 13.9. The molecule has 110 valence electrons. The predicted octanol–water partition coefficient (Wildman–Crippen LogP) is 2.74. The predicted molar refractivity (Wildman–Crippen MR) is 87.2 cm³/mol. The van der Waals surface area contributed by atoms with E-state index >= 15 is 0 Å². The molecule has 0 aliphatic carbocycles. The number of rotatable bonds is 3. The highest BCUT2D eigenvalue weighted by Gasteiger charge is 2.23. The largest absolute Gasteiger partial charge is 0.384 e. The van der Waals surface area contributed by atoms with Gasteiger partial charge in [0.15, 0.2) is 0 Å². The SMILES string of the molecule is CCC1COCCN1c1ccc(C(=N)N)c2ccccc12. The number of amidine groups is 1. The van der Waals surface area contributed by atoms with E-state index in [0.717, 1.165) is 42.5 Å². The maximum atomic E-state index is 7.75. The van der Waals surface area contributed by atoms with Crippen molar-refractivity contribution < 1.29 is 4.74 Å². The molecule has 0 amide bonds. The molecular weight excluding hydrogens is 262 g/mol. The molecule has 0 spiro atoms. The lowest BCUT2D eigenvalue weighted by Crippen LogP contribution is -2.45. The van der Waals surface area contributed by atoms with Crippen LogP contribution in [0.2, 0.25) is 0 Å². The second-order valence-corrected chi connectivity index (χ2v) is 5.42. The number of nitrogens with two attached hydrogens (primary N) is 1. The van der Waals surface area contributed by atoms with E-state index in [2.05, 4.69) is 24.0 Å². The van der Waals surface area contributed by atoms with Crippen LogP contribution in [0.4, 0.5) is 5.69 Å². The number of hydrogen-bond donors (Lipinski definition) is 2. The van der Waals surface area contributed by atoms with E-state index in [1.807, 2.05) is 24.3 Å². The summed E-state index contributed by atoms with van der Waals surface area (Å²) in [5.74, 6) is 0.117. The van der Waals surface area contributed by atoms with Crippen LogP contribution >= 0.6 is 0 Å². The van der Waals surface area contributed by atoms with Gasteiger partial charge >= 0.3 is 0 Å². The molecule has 4 nitrogen and oxygen atoms in total. The molecule has 3 N–H and O–H groups in total. The van der Waals surface area contributed by atoms with Crippen molar-refractivity contribution in [1.82, 2.24) is 0 Å². The summed E-state index contributed by atoms with van der Waals surface area (Å²) < 4.78 is 5.60. The summed E-state index contributed by atoms with van der Waals surface area (Å²) in [6, 6.07) is 12.6. The number of nitrogens with one attached hydrogen (secondary N) is 1. The Labute approximate surface area is 125 Å². The highest BCUT2D eigenvalue weighted by atomic mass is 16.5. The minimum absolute atomic E-state index is 0.117. The van der Waals surface area contributed by atoms with Crippen molar-refractivity contribution in [3.63, 3.8) is 0 Å². The molecule has 3 rings (SSSR count). The Morgan fingerprint density at radius 1 is 1.29 bits per heavy atom. The Morgan fingerprint density at radius 3 is 2.76 bits per heavy atom. The molecule has 0 bridgehead atoms. The lowest BCUT2D eigenvalue weighted by molar-refractivity contribution is 0.0931. The fourth-order valence-corrected chi connectivity index (χ4v) is 3.08. The van der Waals surface area contributed by atoms with Crippen molar-refractivity contribution in [2.75, 3.05) is 24.7 Å². The van der Waals surface area contributed by atoms with Crippen LogP contribution in [0.25, 0.3) is 10.8 Å².